The van der Waals surface area contributed by atoms with Crippen LogP contribution < -0.4 is 5.56 Å². The van der Waals surface area contributed by atoms with E-state index in [1.807, 2.05) is 14.1 Å². The molecule has 3 heterocycles. The smallest absolute Gasteiger partial charge is 0.280 e. The molecule has 10 nitrogen and oxygen atoms in total. The summed E-state index contributed by atoms with van der Waals surface area (Å²) < 4.78 is 12.8. The number of nitrogens with one attached hydrogen (secondary N) is 1. The molecule has 1 saturated heterocycles. The van der Waals surface area contributed by atoms with Crippen molar-refractivity contribution < 1.29 is 14.6 Å². The standard InChI is InChI=1S/C14H19ClN6O4/c1-20(2)6-17-14-18-12-11(13(23)19-14)16-7-21(12)10-3-8(24-5-15)9(4-22)25-10/h6-10,22H,3-5H2,1-2H3,(H,18,19,23)/t8?,9-,10-/m1/s1. The minimum atomic E-state index is -0.505. The number of aromatic amines is 1. The zero-order chi connectivity index (χ0) is 18.0. The fourth-order valence-corrected chi connectivity index (χ4v) is 2.81. The lowest BCUT2D eigenvalue weighted by Crippen LogP contribution is -2.27. The van der Waals surface area contributed by atoms with Crippen molar-refractivity contribution in [2.45, 2.75) is 24.9 Å². The van der Waals surface area contributed by atoms with Crippen molar-refractivity contribution >= 4 is 35.1 Å². The molecule has 0 amide bonds. The normalized spacial score (nSPS) is 23.8. The lowest BCUT2D eigenvalue weighted by atomic mass is 10.2. The molecular weight excluding hydrogens is 352 g/mol. The predicted octanol–water partition coefficient (Wildman–Crippen LogP) is 0.202. The first-order chi connectivity index (χ1) is 12.0. The van der Waals surface area contributed by atoms with Crippen LogP contribution in [-0.4, -0.2) is 74.8 Å². The molecule has 1 aliphatic rings. The Morgan fingerprint density at radius 1 is 1.64 bits per heavy atom. The molecule has 3 rings (SSSR count). The zero-order valence-corrected chi connectivity index (χ0v) is 14.5. The molecular formula is C14H19ClN6O4. The van der Waals surface area contributed by atoms with Crippen molar-refractivity contribution in [1.29, 1.82) is 0 Å². The van der Waals surface area contributed by atoms with E-state index >= 15 is 0 Å². The lowest BCUT2D eigenvalue weighted by molar-refractivity contribution is -0.0538. The second-order valence-corrected chi connectivity index (χ2v) is 6.00. The van der Waals surface area contributed by atoms with Crippen molar-refractivity contribution in [2.75, 3.05) is 26.8 Å². The summed E-state index contributed by atoms with van der Waals surface area (Å²) in [5.41, 5.74) is 0.150. The van der Waals surface area contributed by atoms with E-state index in [0.29, 0.717) is 12.1 Å². The highest BCUT2D eigenvalue weighted by molar-refractivity contribution is 6.17. The topological polar surface area (TPSA) is 118 Å². The Morgan fingerprint density at radius 2 is 2.44 bits per heavy atom. The molecule has 2 aromatic rings. The third-order valence-corrected chi connectivity index (χ3v) is 3.90. The molecule has 11 heteroatoms. The highest BCUT2D eigenvalue weighted by Crippen LogP contribution is 2.32. The van der Waals surface area contributed by atoms with Gasteiger partial charge in [-0.1, -0.05) is 11.6 Å². The molecule has 0 bridgehead atoms. The Labute approximate surface area is 148 Å². The fraction of sp³-hybridized carbons (Fsp3) is 0.571. The molecule has 0 aromatic carbocycles. The van der Waals surface area contributed by atoms with Crippen LogP contribution in [0.15, 0.2) is 16.1 Å². The fourth-order valence-electron chi connectivity index (χ4n) is 2.65. The second kappa shape index (κ2) is 7.48. The molecule has 3 atom stereocenters. The number of fused-ring (bicyclic) bond motifs is 1. The van der Waals surface area contributed by atoms with Gasteiger partial charge >= 0.3 is 0 Å². The Morgan fingerprint density at radius 3 is 3.12 bits per heavy atom. The second-order valence-electron chi connectivity index (χ2n) is 5.78. The number of nitrogens with zero attached hydrogens (tertiary/aromatic N) is 5. The molecule has 2 N–H and O–H groups in total. The largest absolute Gasteiger partial charge is 0.394 e. The average Bonchev–Trinajstić information content (AvgIpc) is 3.17. The molecule has 1 fully saturated rings. The Kier molecular flexibility index (Phi) is 5.33. The van der Waals surface area contributed by atoms with Crippen LogP contribution in [0.25, 0.3) is 11.2 Å². The number of ether oxygens (including phenoxy) is 2. The third-order valence-electron chi connectivity index (χ3n) is 3.78. The first-order valence-electron chi connectivity index (χ1n) is 7.64. The molecule has 0 aliphatic carbocycles. The number of imidazole rings is 1. The molecule has 0 spiro atoms. The number of aromatic nitrogens is 4. The van der Waals surface area contributed by atoms with Gasteiger partial charge < -0.3 is 19.5 Å². The van der Waals surface area contributed by atoms with E-state index < -0.39 is 12.3 Å². The van der Waals surface area contributed by atoms with Gasteiger partial charge in [-0.3, -0.25) is 14.3 Å². The number of rotatable bonds is 6. The minimum Gasteiger partial charge on any atom is -0.394 e. The number of aliphatic hydroxyl groups excluding tert-OH is 1. The highest BCUT2D eigenvalue weighted by Gasteiger charge is 2.37. The van der Waals surface area contributed by atoms with E-state index in [9.17, 15) is 9.90 Å². The number of alkyl halides is 1. The van der Waals surface area contributed by atoms with Gasteiger partial charge in [0.05, 0.1) is 25.4 Å². The van der Waals surface area contributed by atoms with E-state index in [-0.39, 0.29) is 35.8 Å². The van der Waals surface area contributed by atoms with Gasteiger partial charge in [-0.15, -0.1) is 0 Å². The van der Waals surface area contributed by atoms with Gasteiger partial charge in [-0.05, 0) is 0 Å². The molecule has 0 radical (unpaired) electrons. The number of aliphatic imine (C=N–C) groups is 1. The van der Waals surface area contributed by atoms with Gasteiger partial charge in [0.15, 0.2) is 11.2 Å². The van der Waals surface area contributed by atoms with E-state index in [4.69, 9.17) is 21.1 Å². The number of H-pyrrole nitrogens is 1. The molecule has 25 heavy (non-hydrogen) atoms. The van der Waals surface area contributed by atoms with Gasteiger partial charge in [-0.25, -0.2) is 9.98 Å². The Balaban J connectivity index is 1.96. The van der Waals surface area contributed by atoms with Gasteiger partial charge in [-0.2, -0.15) is 4.98 Å². The third kappa shape index (κ3) is 3.66. The maximum absolute atomic E-state index is 12.2. The van der Waals surface area contributed by atoms with Gasteiger partial charge in [0.2, 0.25) is 5.95 Å². The molecule has 1 aliphatic heterocycles. The maximum atomic E-state index is 12.2. The van der Waals surface area contributed by atoms with Crippen molar-refractivity contribution in [3.8, 4) is 0 Å². The van der Waals surface area contributed by atoms with Gasteiger partial charge in [0.25, 0.3) is 5.56 Å². The SMILES string of the molecule is CN(C)C=Nc1nc2c(ncn2[C@H]2CC(OCCl)[C@@H](CO)O2)c(=O)[nH]1. The summed E-state index contributed by atoms with van der Waals surface area (Å²) in [5.74, 6) is 0.165. The summed E-state index contributed by atoms with van der Waals surface area (Å²) in [4.78, 5) is 29.0. The number of aliphatic hydroxyl groups is 1. The average molecular weight is 371 g/mol. The lowest BCUT2D eigenvalue weighted by Gasteiger charge is -2.14. The van der Waals surface area contributed by atoms with Crippen LogP contribution in [0.4, 0.5) is 5.95 Å². The Bertz CT molecular complexity index is 819. The van der Waals surface area contributed by atoms with Crippen molar-refractivity contribution in [3.63, 3.8) is 0 Å². The summed E-state index contributed by atoms with van der Waals surface area (Å²) in [5, 5.41) is 9.43. The van der Waals surface area contributed by atoms with E-state index in [1.54, 1.807) is 9.47 Å². The summed E-state index contributed by atoms with van der Waals surface area (Å²) >= 11 is 5.62. The Hall–Kier alpha value is -2.01. The van der Waals surface area contributed by atoms with E-state index in [1.165, 1.54) is 12.7 Å². The summed E-state index contributed by atoms with van der Waals surface area (Å²) in [6.07, 6.45) is 2.13. The van der Waals surface area contributed by atoms with Gasteiger partial charge in [0, 0.05) is 20.5 Å². The van der Waals surface area contributed by atoms with Crippen LogP contribution >= 0.6 is 11.6 Å². The monoisotopic (exact) mass is 370 g/mol. The summed E-state index contributed by atoms with van der Waals surface area (Å²) in [6.45, 7) is -0.197. The van der Waals surface area contributed by atoms with Crippen LogP contribution in [0.2, 0.25) is 0 Å². The van der Waals surface area contributed by atoms with Crippen LogP contribution in [0.1, 0.15) is 12.6 Å². The maximum Gasteiger partial charge on any atom is 0.280 e. The van der Waals surface area contributed by atoms with Crippen molar-refractivity contribution in [2.24, 2.45) is 4.99 Å². The first-order valence-corrected chi connectivity index (χ1v) is 8.18. The van der Waals surface area contributed by atoms with Crippen LogP contribution in [0.5, 0.6) is 0 Å². The predicted molar refractivity (Wildman–Crippen MR) is 91.2 cm³/mol. The van der Waals surface area contributed by atoms with Crippen LogP contribution in [0, 0.1) is 0 Å². The molecule has 0 saturated carbocycles. The summed E-state index contributed by atoms with van der Waals surface area (Å²) in [6, 6.07) is 0.00321. The van der Waals surface area contributed by atoms with E-state index in [0.717, 1.165) is 0 Å². The molecule has 2 aromatic heterocycles. The van der Waals surface area contributed by atoms with E-state index in [2.05, 4.69) is 19.9 Å². The van der Waals surface area contributed by atoms with Gasteiger partial charge in [0.1, 0.15) is 18.4 Å². The first kappa shape index (κ1) is 17.8. The van der Waals surface area contributed by atoms with Crippen molar-refractivity contribution in [1.82, 2.24) is 24.4 Å². The number of hydrogen-bond donors (Lipinski definition) is 2. The van der Waals surface area contributed by atoms with Crippen LogP contribution in [-0.2, 0) is 9.47 Å². The highest BCUT2D eigenvalue weighted by atomic mass is 35.5. The zero-order valence-electron chi connectivity index (χ0n) is 13.8. The minimum absolute atomic E-state index is 0.00321. The number of halogens is 1. The summed E-state index contributed by atoms with van der Waals surface area (Å²) in [7, 11) is 3.62. The van der Waals surface area contributed by atoms with Crippen molar-refractivity contribution in [3.05, 3.63) is 16.7 Å². The molecule has 136 valence electrons. The number of hydrogen-bond acceptors (Lipinski definition) is 7. The van der Waals surface area contributed by atoms with Crippen LogP contribution in [0.3, 0.4) is 0 Å². The quantitative estimate of drug-likeness (QED) is 0.423. The molecule has 1 unspecified atom stereocenters.